The molecular weight excluding hydrogens is 496 g/mol. The van der Waals surface area contributed by atoms with Gasteiger partial charge in [-0.15, -0.1) is 0 Å². The Bertz CT molecular complexity index is 1360. The number of nitrogens with zero attached hydrogens (tertiary/aromatic N) is 2. The summed E-state index contributed by atoms with van der Waals surface area (Å²) < 4.78 is 31.4. The third-order valence-electron chi connectivity index (χ3n) is 7.55. The highest BCUT2D eigenvalue weighted by molar-refractivity contribution is 7.89. The maximum atomic E-state index is 13.3. The van der Waals surface area contributed by atoms with Crippen LogP contribution in [0.4, 0.5) is 0 Å². The average molecular weight is 529 g/mol. The van der Waals surface area contributed by atoms with E-state index in [2.05, 4.69) is 17.0 Å². The Morgan fingerprint density at radius 2 is 1.81 bits per heavy atom. The van der Waals surface area contributed by atoms with E-state index >= 15 is 0 Å². The number of hydrogen-bond acceptors (Lipinski definition) is 4. The molecule has 3 aromatic rings. The maximum Gasteiger partial charge on any atom is 0.240 e. The fourth-order valence-electron chi connectivity index (χ4n) is 5.59. The van der Waals surface area contributed by atoms with E-state index in [4.69, 9.17) is 11.6 Å². The van der Waals surface area contributed by atoms with Crippen LogP contribution in [0.3, 0.4) is 0 Å². The van der Waals surface area contributed by atoms with Crippen LogP contribution >= 0.6 is 11.6 Å². The standard InChI is InChI=1S/C27H33ClN4O3S/c1-18-17-32(15-14-29-18)27(33)20-8-10-21(11-9-20)30-36(34,35)22-12-13-23-24(16-22)31(2)26(25(23)28)19-6-4-3-5-7-19/h3-7,12-13,16,18,20-21,29-30H,8-11,14-15,17H2,1-2H3/t18-,20-,21-/m1/s1. The number of carbonyl (C=O) groups is 1. The van der Waals surface area contributed by atoms with Gasteiger partial charge >= 0.3 is 0 Å². The Morgan fingerprint density at radius 3 is 2.50 bits per heavy atom. The second-order valence-corrected chi connectivity index (χ2v) is 12.2. The van der Waals surface area contributed by atoms with Crippen molar-refractivity contribution in [1.29, 1.82) is 0 Å². The van der Waals surface area contributed by atoms with E-state index in [9.17, 15) is 13.2 Å². The molecule has 9 heteroatoms. The van der Waals surface area contributed by atoms with E-state index in [1.807, 2.05) is 46.8 Å². The van der Waals surface area contributed by atoms with Gasteiger partial charge in [-0.2, -0.15) is 0 Å². The highest BCUT2D eigenvalue weighted by Gasteiger charge is 2.33. The lowest BCUT2D eigenvalue weighted by Gasteiger charge is -2.36. The number of halogens is 1. The van der Waals surface area contributed by atoms with Crippen molar-refractivity contribution in [3.8, 4) is 11.3 Å². The summed E-state index contributed by atoms with van der Waals surface area (Å²) in [6.45, 7) is 4.40. The van der Waals surface area contributed by atoms with E-state index in [0.29, 0.717) is 36.7 Å². The van der Waals surface area contributed by atoms with Crippen LogP contribution in [0.5, 0.6) is 0 Å². The third kappa shape index (κ3) is 4.92. The quantitative estimate of drug-likeness (QED) is 0.521. The molecule has 192 valence electrons. The average Bonchev–Trinajstić information content (AvgIpc) is 3.13. The minimum absolute atomic E-state index is 0.0191. The molecule has 0 unspecified atom stereocenters. The molecule has 1 saturated heterocycles. The van der Waals surface area contributed by atoms with Crippen molar-refractivity contribution in [3.05, 3.63) is 53.6 Å². The van der Waals surface area contributed by atoms with Crippen LogP contribution in [0.1, 0.15) is 32.6 Å². The normalized spacial score (nSPS) is 23.2. The molecule has 0 radical (unpaired) electrons. The van der Waals surface area contributed by atoms with Crippen molar-refractivity contribution < 1.29 is 13.2 Å². The van der Waals surface area contributed by atoms with Gasteiger partial charge in [0.05, 0.1) is 21.1 Å². The Balaban J connectivity index is 1.29. The third-order valence-corrected chi connectivity index (χ3v) is 9.45. The summed E-state index contributed by atoms with van der Waals surface area (Å²) in [5.41, 5.74) is 2.60. The predicted octanol–water partition coefficient (Wildman–Crippen LogP) is 4.16. The summed E-state index contributed by atoms with van der Waals surface area (Å²) in [6.07, 6.45) is 2.73. The molecule has 0 bridgehead atoms. The van der Waals surface area contributed by atoms with Crippen molar-refractivity contribution in [2.75, 3.05) is 19.6 Å². The highest BCUT2D eigenvalue weighted by atomic mass is 35.5. The van der Waals surface area contributed by atoms with Gasteiger partial charge in [-0.05, 0) is 56.4 Å². The van der Waals surface area contributed by atoms with Crippen LogP contribution in [0, 0.1) is 5.92 Å². The van der Waals surface area contributed by atoms with E-state index in [1.165, 1.54) is 0 Å². The van der Waals surface area contributed by atoms with Gasteiger partial charge in [0.25, 0.3) is 0 Å². The molecule has 2 aliphatic rings. The number of sulfonamides is 1. The molecule has 2 aromatic carbocycles. The molecule has 1 atom stereocenters. The minimum atomic E-state index is -3.71. The number of amides is 1. The van der Waals surface area contributed by atoms with Gasteiger partial charge in [-0.1, -0.05) is 41.9 Å². The Labute approximate surface area is 217 Å². The molecule has 5 rings (SSSR count). The zero-order chi connectivity index (χ0) is 25.4. The first kappa shape index (κ1) is 25.3. The van der Waals surface area contributed by atoms with Crippen molar-refractivity contribution in [1.82, 2.24) is 19.5 Å². The lowest BCUT2D eigenvalue weighted by atomic mass is 9.85. The first-order chi connectivity index (χ1) is 17.2. The Morgan fingerprint density at radius 1 is 1.08 bits per heavy atom. The first-order valence-electron chi connectivity index (χ1n) is 12.6. The molecule has 1 aliphatic carbocycles. The minimum Gasteiger partial charge on any atom is -0.342 e. The molecule has 2 heterocycles. The largest absolute Gasteiger partial charge is 0.342 e. The summed E-state index contributed by atoms with van der Waals surface area (Å²) >= 11 is 6.70. The fraction of sp³-hybridized carbons (Fsp3) is 0.444. The van der Waals surface area contributed by atoms with Gasteiger partial charge in [0.1, 0.15) is 0 Å². The first-order valence-corrected chi connectivity index (χ1v) is 14.5. The van der Waals surface area contributed by atoms with Gasteiger partial charge in [0.2, 0.25) is 15.9 Å². The number of piperazine rings is 1. The van der Waals surface area contributed by atoms with Crippen molar-refractivity contribution >= 4 is 38.4 Å². The lowest BCUT2D eigenvalue weighted by molar-refractivity contribution is -0.137. The fourth-order valence-corrected chi connectivity index (χ4v) is 7.31. The number of rotatable bonds is 5. The van der Waals surface area contributed by atoms with E-state index in [-0.39, 0.29) is 22.8 Å². The topological polar surface area (TPSA) is 83.4 Å². The number of hydrogen-bond donors (Lipinski definition) is 2. The molecule has 2 fully saturated rings. The highest BCUT2D eigenvalue weighted by Crippen LogP contribution is 2.37. The maximum absolute atomic E-state index is 13.3. The van der Waals surface area contributed by atoms with Crippen molar-refractivity contribution in [2.45, 2.75) is 49.6 Å². The molecule has 7 nitrogen and oxygen atoms in total. The molecule has 36 heavy (non-hydrogen) atoms. The summed E-state index contributed by atoms with van der Waals surface area (Å²) in [7, 11) is -1.81. The summed E-state index contributed by atoms with van der Waals surface area (Å²) in [4.78, 5) is 15.1. The number of fused-ring (bicyclic) bond motifs is 1. The zero-order valence-corrected chi connectivity index (χ0v) is 22.3. The smallest absolute Gasteiger partial charge is 0.240 e. The van der Waals surface area contributed by atoms with Gasteiger partial charge in [-0.3, -0.25) is 4.79 Å². The molecule has 0 spiro atoms. The molecular formula is C27H33ClN4O3S. The van der Waals surface area contributed by atoms with Gasteiger partial charge < -0.3 is 14.8 Å². The summed E-state index contributed by atoms with van der Waals surface area (Å²) in [6, 6.07) is 15.1. The Kier molecular flexibility index (Phi) is 7.14. The Hall–Kier alpha value is -2.39. The van der Waals surface area contributed by atoms with Crippen LogP contribution in [0.15, 0.2) is 53.4 Å². The molecule has 1 aromatic heterocycles. The zero-order valence-electron chi connectivity index (χ0n) is 20.7. The number of aromatic nitrogens is 1. The second-order valence-electron chi connectivity index (χ2n) is 10.1. The molecule has 1 saturated carbocycles. The van der Waals surface area contributed by atoms with Crippen molar-refractivity contribution in [2.24, 2.45) is 13.0 Å². The molecule has 2 N–H and O–H groups in total. The van der Waals surface area contributed by atoms with Gasteiger partial charge in [0.15, 0.2) is 0 Å². The van der Waals surface area contributed by atoms with E-state index < -0.39 is 10.0 Å². The number of carbonyl (C=O) groups excluding carboxylic acids is 1. The molecule has 1 aliphatic heterocycles. The van der Waals surface area contributed by atoms with Crippen LogP contribution < -0.4 is 10.0 Å². The van der Waals surface area contributed by atoms with Crippen LogP contribution in [-0.4, -0.2) is 55.5 Å². The van der Waals surface area contributed by atoms with Gasteiger partial charge in [-0.25, -0.2) is 13.1 Å². The summed E-state index contributed by atoms with van der Waals surface area (Å²) in [5, 5.41) is 4.79. The van der Waals surface area contributed by atoms with Crippen LogP contribution in [-0.2, 0) is 21.9 Å². The SMILES string of the molecule is C[C@@H]1CN(C(=O)[C@H]2CC[C@H](NS(=O)(=O)c3ccc4c(Cl)c(-c5ccccc5)n(C)c4c3)CC2)CCN1. The van der Waals surface area contributed by atoms with Gasteiger partial charge in [0, 0.05) is 50.1 Å². The number of nitrogens with one attached hydrogen (secondary N) is 2. The number of benzene rings is 2. The monoisotopic (exact) mass is 528 g/mol. The van der Waals surface area contributed by atoms with Crippen LogP contribution in [0.25, 0.3) is 22.2 Å². The van der Waals surface area contributed by atoms with E-state index in [0.717, 1.165) is 41.8 Å². The predicted molar refractivity (Wildman–Crippen MR) is 143 cm³/mol. The molecule has 1 amide bonds. The second kappa shape index (κ2) is 10.2. The van der Waals surface area contributed by atoms with E-state index in [1.54, 1.807) is 18.2 Å². The summed E-state index contributed by atoms with van der Waals surface area (Å²) in [5.74, 6) is 0.194. The lowest BCUT2D eigenvalue weighted by Crippen LogP contribution is -2.53. The number of aryl methyl sites for hydroxylation is 1. The van der Waals surface area contributed by atoms with Crippen LogP contribution in [0.2, 0.25) is 5.02 Å². The van der Waals surface area contributed by atoms with Crippen molar-refractivity contribution in [3.63, 3.8) is 0 Å².